The summed E-state index contributed by atoms with van der Waals surface area (Å²) in [5, 5.41) is 0.385. The van der Waals surface area contributed by atoms with Crippen LogP contribution in [-0.4, -0.2) is 10.3 Å². The van der Waals surface area contributed by atoms with Crippen molar-refractivity contribution in [1.82, 2.24) is 0 Å². The predicted molar refractivity (Wildman–Crippen MR) is 51.9 cm³/mol. The largest absolute Gasteiger partial charge is 0.122 e. The van der Waals surface area contributed by atoms with Crippen LogP contribution in [-0.2, 0) is 0 Å². The van der Waals surface area contributed by atoms with Crippen LogP contribution in [0.25, 0.3) is 0 Å². The number of halogens is 2. The van der Waals surface area contributed by atoms with Gasteiger partial charge < -0.3 is 0 Å². The van der Waals surface area contributed by atoms with Crippen LogP contribution in [0.15, 0.2) is 0 Å². The molecule has 0 radical (unpaired) electrons. The topological polar surface area (TPSA) is 0 Å². The average Bonchev–Trinajstić information content (AvgIpc) is 2.53. The molecular formula is C10H14Cl2. The highest BCUT2D eigenvalue weighted by molar-refractivity contribution is 6.28. The zero-order valence-corrected chi connectivity index (χ0v) is 8.67. The number of hydrogen-bond acceptors (Lipinski definition) is 0. The van der Waals surface area contributed by atoms with E-state index in [9.17, 15) is 0 Å². The van der Waals surface area contributed by atoms with Gasteiger partial charge >= 0.3 is 0 Å². The number of hydrogen-bond donors (Lipinski definition) is 0. The highest BCUT2D eigenvalue weighted by Gasteiger charge is 2.69. The minimum Gasteiger partial charge on any atom is -0.122 e. The van der Waals surface area contributed by atoms with E-state index in [-0.39, 0.29) is 4.87 Å². The molecule has 0 aliphatic heterocycles. The Balaban J connectivity index is 2.11. The van der Waals surface area contributed by atoms with Gasteiger partial charge in [0.25, 0.3) is 0 Å². The van der Waals surface area contributed by atoms with Gasteiger partial charge in [0, 0.05) is 10.8 Å². The molecule has 0 aromatic carbocycles. The van der Waals surface area contributed by atoms with Crippen molar-refractivity contribution in [2.75, 3.05) is 0 Å². The first-order valence-electron chi connectivity index (χ1n) is 5.02. The molecule has 3 fully saturated rings. The summed E-state index contributed by atoms with van der Waals surface area (Å²) < 4.78 is 0. The van der Waals surface area contributed by atoms with Crippen LogP contribution in [0.3, 0.4) is 0 Å². The van der Waals surface area contributed by atoms with Crippen molar-refractivity contribution in [1.29, 1.82) is 0 Å². The highest BCUT2D eigenvalue weighted by atomic mass is 35.5. The summed E-state index contributed by atoms with van der Waals surface area (Å²) in [5.41, 5.74) is 0.348. The first-order valence-corrected chi connectivity index (χ1v) is 5.83. The van der Waals surface area contributed by atoms with E-state index < -0.39 is 0 Å². The Morgan fingerprint density at radius 2 is 2.00 bits per heavy atom. The van der Waals surface area contributed by atoms with Crippen molar-refractivity contribution in [3.63, 3.8) is 0 Å². The van der Waals surface area contributed by atoms with Crippen molar-refractivity contribution in [2.24, 2.45) is 11.3 Å². The lowest BCUT2D eigenvalue weighted by Crippen LogP contribution is -2.36. The molecule has 2 bridgehead atoms. The molecule has 3 rings (SSSR count). The van der Waals surface area contributed by atoms with Gasteiger partial charge in [-0.3, -0.25) is 0 Å². The molecule has 0 saturated heterocycles. The highest BCUT2D eigenvalue weighted by Crippen LogP contribution is 2.72. The Morgan fingerprint density at radius 3 is 2.67 bits per heavy atom. The first-order chi connectivity index (χ1) is 5.69. The third-order valence-corrected chi connectivity index (χ3v) is 6.14. The van der Waals surface area contributed by atoms with Crippen molar-refractivity contribution in [3.8, 4) is 0 Å². The fourth-order valence-corrected chi connectivity index (χ4v) is 5.41. The van der Waals surface area contributed by atoms with Crippen LogP contribution < -0.4 is 0 Å². The van der Waals surface area contributed by atoms with Gasteiger partial charge in [-0.2, -0.15) is 0 Å². The lowest BCUT2D eigenvalue weighted by Gasteiger charge is -2.34. The summed E-state index contributed by atoms with van der Waals surface area (Å²) in [4.78, 5) is 0.124. The molecule has 0 N–H and O–H groups in total. The van der Waals surface area contributed by atoms with E-state index in [1.54, 1.807) is 0 Å². The zero-order chi connectivity index (χ0) is 8.40. The Morgan fingerprint density at radius 1 is 1.17 bits per heavy atom. The summed E-state index contributed by atoms with van der Waals surface area (Å²) in [5.74, 6) is 0.740. The van der Waals surface area contributed by atoms with E-state index in [4.69, 9.17) is 23.2 Å². The molecule has 2 heteroatoms. The molecule has 3 aliphatic rings. The van der Waals surface area contributed by atoms with Crippen molar-refractivity contribution < 1.29 is 0 Å². The third-order valence-electron chi connectivity index (χ3n) is 4.67. The molecule has 0 aromatic heterocycles. The van der Waals surface area contributed by atoms with E-state index in [0.717, 1.165) is 5.92 Å². The van der Waals surface area contributed by atoms with Gasteiger partial charge in [-0.15, -0.1) is 23.2 Å². The molecule has 0 amide bonds. The van der Waals surface area contributed by atoms with E-state index in [1.165, 1.54) is 38.5 Å². The summed E-state index contributed by atoms with van der Waals surface area (Å²) >= 11 is 13.1. The fourth-order valence-electron chi connectivity index (χ4n) is 4.08. The predicted octanol–water partition coefficient (Wildman–Crippen LogP) is 3.56. The maximum atomic E-state index is 6.73. The van der Waals surface area contributed by atoms with Gasteiger partial charge in [-0.05, 0) is 38.0 Å². The second-order valence-electron chi connectivity index (χ2n) is 4.81. The molecule has 0 aromatic rings. The van der Waals surface area contributed by atoms with Crippen LogP contribution in [0.4, 0.5) is 0 Å². The molecule has 3 saturated carbocycles. The normalized spacial score (nSPS) is 62.5. The Hall–Kier alpha value is 0.580. The lowest BCUT2D eigenvalue weighted by molar-refractivity contribution is 0.284. The SMILES string of the molecule is ClC1CC2CCC13CCCC23Cl. The van der Waals surface area contributed by atoms with Gasteiger partial charge in [0.05, 0.1) is 4.87 Å². The number of alkyl halides is 2. The molecule has 3 aliphatic carbocycles. The maximum absolute atomic E-state index is 6.73. The fraction of sp³-hybridized carbons (Fsp3) is 1.00. The minimum atomic E-state index is 0.124. The number of rotatable bonds is 0. The molecule has 0 nitrogen and oxygen atoms in total. The van der Waals surface area contributed by atoms with Crippen molar-refractivity contribution in [3.05, 3.63) is 0 Å². The Bertz CT molecular complexity index is 224. The third kappa shape index (κ3) is 0.620. The standard InChI is InChI=1S/C10H14Cl2/c11-8-6-7-2-5-9(8)3-1-4-10(7,9)12/h7-8H,1-6H2. The Kier molecular flexibility index (Phi) is 1.42. The van der Waals surface area contributed by atoms with Crippen LogP contribution in [0.1, 0.15) is 38.5 Å². The van der Waals surface area contributed by atoms with Crippen LogP contribution in [0, 0.1) is 11.3 Å². The monoisotopic (exact) mass is 204 g/mol. The van der Waals surface area contributed by atoms with E-state index in [0.29, 0.717) is 10.8 Å². The average molecular weight is 205 g/mol. The molecule has 0 heterocycles. The van der Waals surface area contributed by atoms with Gasteiger partial charge in [0.15, 0.2) is 0 Å². The van der Waals surface area contributed by atoms with Crippen LogP contribution in [0.2, 0.25) is 0 Å². The molecule has 12 heavy (non-hydrogen) atoms. The van der Waals surface area contributed by atoms with Gasteiger partial charge in [0.1, 0.15) is 0 Å². The molecule has 68 valence electrons. The summed E-state index contributed by atoms with van der Waals surface area (Å²) in [6, 6.07) is 0. The summed E-state index contributed by atoms with van der Waals surface area (Å²) in [6.45, 7) is 0. The van der Waals surface area contributed by atoms with Gasteiger partial charge in [0.2, 0.25) is 0 Å². The lowest BCUT2D eigenvalue weighted by atomic mass is 9.80. The zero-order valence-electron chi connectivity index (χ0n) is 7.15. The van der Waals surface area contributed by atoms with Gasteiger partial charge in [-0.25, -0.2) is 0 Å². The smallest absolute Gasteiger partial charge is 0.0545 e. The summed E-state index contributed by atoms with van der Waals surface area (Å²) in [6.07, 6.45) is 7.65. The molecule has 4 unspecified atom stereocenters. The second-order valence-corrected chi connectivity index (χ2v) is 6.01. The van der Waals surface area contributed by atoms with Gasteiger partial charge in [-0.1, -0.05) is 6.42 Å². The molecule has 0 spiro atoms. The van der Waals surface area contributed by atoms with Crippen LogP contribution >= 0.6 is 23.2 Å². The summed E-state index contributed by atoms with van der Waals surface area (Å²) in [7, 11) is 0. The second kappa shape index (κ2) is 2.15. The molecular weight excluding hydrogens is 191 g/mol. The quantitative estimate of drug-likeness (QED) is 0.530. The minimum absolute atomic E-state index is 0.124. The van der Waals surface area contributed by atoms with E-state index in [2.05, 4.69) is 0 Å². The van der Waals surface area contributed by atoms with Crippen LogP contribution in [0.5, 0.6) is 0 Å². The van der Waals surface area contributed by atoms with E-state index in [1.807, 2.05) is 0 Å². The molecule has 4 atom stereocenters. The van der Waals surface area contributed by atoms with Crippen molar-refractivity contribution in [2.45, 2.75) is 48.8 Å². The first kappa shape index (κ1) is 7.94. The van der Waals surface area contributed by atoms with Crippen molar-refractivity contribution >= 4 is 23.2 Å². The van der Waals surface area contributed by atoms with E-state index >= 15 is 0 Å². The Labute approximate surface area is 83.6 Å². The maximum Gasteiger partial charge on any atom is 0.0545 e.